The zero-order valence-electron chi connectivity index (χ0n) is 10.1. The maximum atomic E-state index is 11.7. The Bertz CT molecular complexity index is 296. The molecule has 0 spiro atoms. The van der Waals surface area contributed by atoms with Crippen LogP contribution in [0.5, 0.6) is 0 Å². The number of nitrogens with zero attached hydrogens (tertiary/aromatic N) is 1. The van der Waals surface area contributed by atoms with Crippen molar-refractivity contribution in [2.75, 3.05) is 0 Å². The van der Waals surface area contributed by atoms with E-state index < -0.39 is 5.60 Å². The largest absolute Gasteiger partial charge is 0.444 e. The van der Waals surface area contributed by atoms with Crippen LogP contribution in [0.4, 0.5) is 4.79 Å². The molecule has 2 atom stereocenters. The van der Waals surface area contributed by atoms with Gasteiger partial charge >= 0.3 is 6.09 Å². The Labute approximate surface area is 91.8 Å². The zero-order chi connectivity index (χ0) is 11.8. The van der Waals surface area contributed by atoms with Crippen LogP contribution in [0.1, 0.15) is 34.6 Å². The van der Waals surface area contributed by atoms with Gasteiger partial charge in [0.2, 0.25) is 0 Å². The van der Waals surface area contributed by atoms with Gasteiger partial charge in [0, 0.05) is 0 Å². The first kappa shape index (κ1) is 11.9. The third kappa shape index (κ3) is 2.65. The smallest absolute Gasteiger partial charge is 0.411 e. The molecular formula is C12H19NO2. The number of hydrogen-bond acceptors (Lipinski definition) is 2. The predicted octanol–water partition coefficient (Wildman–Crippen LogP) is 2.26. The highest BCUT2D eigenvalue weighted by atomic mass is 16.6. The van der Waals surface area contributed by atoms with E-state index in [9.17, 15) is 4.79 Å². The highest BCUT2D eigenvalue weighted by Gasteiger charge is 2.53. The second-order valence-electron chi connectivity index (χ2n) is 5.23. The molecule has 1 aliphatic rings. The summed E-state index contributed by atoms with van der Waals surface area (Å²) < 4.78 is 5.27. The lowest BCUT2D eigenvalue weighted by atomic mass is 10.1. The molecule has 1 aliphatic heterocycles. The summed E-state index contributed by atoms with van der Waals surface area (Å²) in [7, 11) is 0. The van der Waals surface area contributed by atoms with Crippen LogP contribution < -0.4 is 0 Å². The van der Waals surface area contributed by atoms with E-state index in [0.29, 0.717) is 5.92 Å². The molecule has 1 rings (SSSR count). The van der Waals surface area contributed by atoms with Gasteiger partial charge in [-0.3, -0.25) is 4.90 Å². The summed E-state index contributed by atoms with van der Waals surface area (Å²) in [5, 5.41) is 0. The summed E-state index contributed by atoms with van der Waals surface area (Å²) in [6.07, 6.45) is 5.05. The van der Waals surface area contributed by atoms with Gasteiger partial charge in [-0.05, 0) is 26.7 Å². The van der Waals surface area contributed by atoms with Gasteiger partial charge in [0.25, 0.3) is 0 Å². The molecule has 0 bridgehead atoms. The fraction of sp³-hybridized carbons (Fsp3) is 0.750. The molecule has 15 heavy (non-hydrogen) atoms. The number of rotatable bonds is 1. The standard InChI is InChI=1S/C12H19NO2/c1-7-9-10(8(2)3)13(9)11(14)15-12(4,5)6/h1,8-10H,2-6H3/t9-,10-,13?/m1/s1. The molecule has 0 N–H and O–H groups in total. The van der Waals surface area contributed by atoms with Gasteiger partial charge in [-0.2, -0.15) is 0 Å². The molecule has 1 fully saturated rings. The Morgan fingerprint density at radius 3 is 2.27 bits per heavy atom. The first-order chi connectivity index (χ1) is 6.78. The van der Waals surface area contributed by atoms with Crippen molar-refractivity contribution < 1.29 is 9.53 Å². The molecule has 0 aromatic heterocycles. The van der Waals surface area contributed by atoms with Gasteiger partial charge in [0.15, 0.2) is 0 Å². The van der Waals surface area contributed by atoms with Gasteiger partial charge in [0.05, 0.1) is 6.04 Å². The van der Waals surface area contributed by atoms with Crippen LogP contribution in [0.2, 0.25) is 0 Å². The van der Waals surface area contributed by atoms with Gasteiger partial charge in [-0.1, -0.05) is 19.8 Å². The van der Waals surface area contributed by atoms with Gasteiger partial charge in [-0.25, -0.2) is 4.79 Å². The Morgan fingerprint density at radius 1 is 1.47 bits per heavy atom. The topological polar surface area (TPSA) is 29.3 Å². The van der Waals surface area contributed by atoms with Crippen LogP contribution in [0, 0.1) is 18.3 Å². The molecule has 1 saturated heterocycles. The minimum Gasteiger partial charge on any atom is -0.444 e. The molecule has 0 saturated carbocycles. The van der Waals surface area contributed by atoms with E-state index in [1.54, 1.807) is 4.90 Å². The second-order valence-corrected chi connectivity index (χ2v) is 5.23. The van der Waals surface area contributed by atoms with Crippen LogP contribution in [-0.2, 0) is 4.74 Å². The number of carbonyl (C=O) groups is 1. The summed E-state index contributed by atoms with van der Waals surface area (Å²) in [6, 6.07) is 0.0599. The van der Waals surface area contributed by atoms with E-state index in [-0.39, 0.29) is 18.2 Å². The van der Waals surface area contributed by atoms with Crippen molar-refractivity contribution in [3.8, 4) is 12.3 Å². The molecule has 0 aromatic rings. The Kier molecular flexibility index (Phi) is 2.99. The lowest BCUT2D eigenvalue weighted by molar-refractivity contribution is 0.0392. The van der Waals surface area contributed by atoms with Crippen molar-refractivity contribution in [1.82, 2.24) is 4.90 Å². The molecule has 84 valence electrons. The molecular weight excluding hydrogens is 190 g/mol. The Hall–Kier alpha value is -1.17. The minimum absolute atomic E-state index is 0.0835. The van der Waals surface area contributed by atoms with E-state index in [2.05, 4.69) is 19.8 Å². The molecule has 0 radical (unpaired) electrons. The zero-order valence-corrected chi connectivity index (χ0v) is 10.1. The summed E-state index contributed by atoms with van der Waals surface area (Å²) in [6.45, 7) is 9.66. The average Bonchev–Trinajstić information content (AvgIpc) is 2.73. The molecule has 1 heterocycles. The molecule has 3 nitrogen and oxygen atoms in total. The van der Waals surface area contributed by atoms with Crippen LogP contribution in [-0.4, -0.2) is 28.7 Å². The summed E-state index contributed by atoms with van der Waals surface area (Å²) in [5.41, 5.74) is -0.458. The minimum atomic E-state index is -0.458. The lowest BCUT2D eigenvalue weighted by Crippen LogP contribution is -2.28. The maximum absolute atomic E-state index is 11.7. The third-order valence-electron chi connectivity index (χ3n) is 2.31. The normalized spacial score (nSPS) is 25.0. The van der Waals surface area contributed by atoms with Gasteiger partial charge in [0.1, 0.15) is 11.6 Å². The maximum Gasteiger partial charge on any atom is 0.411 e. The molecule has 0 unspecified atom stereocenters. The average molecular weight is 209 g/mol. The number of hydrogen-bond donors (Lipinski definition) is 0. The van der Waals surface area contributed by atoms with Crippen molar-refractivity contribution in [2.45, 2.75) is 52.3 Å². The number of amides is 1. The van der Waals surface area contributed by atoms with Crippen LogP contribution >= 0.6 is 0 Å². The summed E-state index contributed by atoms with van der Waals surface area (Å²) in [4.78, 5) is 13.3. The van der Waals surface area contributed by atoms with Gasteiger partial charge in [-0.15, -0.1) is 6.42 Å². The summed E-state index contributed by atoms with van der Waals surface area (Å²) in [5.74, 6) is 2.99. The van der Waals surface area contributed by atoms with E-state index in [4.69, 9.17) is 11.2 Å². The lowest BCUT2D eigenvalue weighted by Gasteiger charge is -2.20. The Balaban J connectivity index is 2.60. The highest BCUT2D eigenvalue weighted by molar-refractivity contribution is 5.73. The van der Waals surface area contributed by atoms with E-state index in [1.165, 1.54) is 0 Å². The van der Waals surface area contributed by atoms with Crippen molar-refractivity contribution in [2.24, 2.45) is 5.92 Å². The van der Waals surface area contributed by atoms with Crippen LogP contribution in [0.3, 0.4) is 0 Å². The van der Waals surface area contributed by atoms with Gasteiger partial charge < -0.3 is 4.74 Å². The van der Waals surface area contributed by atoms with Crippen molar-refractivity contribution >= 4 is 6.09 Å². The van der Waals surface area contributed by atoms with Crippen molar-refractivity contribution in [1.29, 1.82) is 0 Å². The second kappa shape index (κ2) is 3.77. The predicted molar refractivity (Wildman–Crippen MR) is 59.3 cm³/mol. The fourth-order valence-electron chi connectivity index (χ4n) is 1.66. The monoisotopic (exact) mass is 209 g/mol. The van der Waals surface area contributed by atoms with Crippen molar-refractivity contribution in [3.63, 3.8) is 0 Å². The first-order valence-corrected chi connectivity index (χ1v) is 5.25. The molecule has 0 aromatic carbocycles. The van der Waals surface area contributed by atoms with Crippen molar-refractivity contribution in [3.05, 3.63) is 0 Å². The van der Waals surface area contributed by atoms with E-state index in [1.807, 2.05) is 20.8 Å². The number of terminal acetylenes is 1. The first-order valence-electron chi connectivity index (χ1n) is 5.25. The highest BCUT2D eigenvalue weighted by Crippen LogP contribution is 2.35. The fourth-order valence-corrected chi connectivity index (χ4v) is 1.66. The Morgan fingerprint density at radius 2 is 2.00 bits per heavy atom. The molecule has 0 aliphatic carbocycles. The van der Waals surface area contributed by atoms with Crippen LogP contribution in [0.25, 0.3) is 0 Å². The quantitative estimate of drug-likeness (QED) is 0.489. The number of ether oxygens (including phenoxy) is 1. The third-order valence-corrected chi connectivity index (χ3v) is 2.31. The SMILES string of the molecule is C#C[C@@H]1[C@@H](C(C)C)N1C(=O)OC(C)(C)C. The van der Waals surface area contributed by atoms with Crippen LogP contribution in [0.15, 0.2) is 0 Å². The number of carbonyl (C=O) groups excluding carboxylic acids is 1. The molecule has 3 heteroatoms. The van der Waals surface area contributed by atoms with E-state index in [0.717, 1.165) is 0 Å². The van der Waals surface area contributed by atoms with E-state index >= 15 is 0 Å². The summed E-state index contributed by atoms with van der Waals surface area (Å²) >= 11 is 0. The molecule has 1 amide bonds.